The zero-order valence-electron chi connectivity index (χ0n) is 13.3. The highest BCUT2D eigenvalue weighted by Gasteiger charge is 2.30. The molecule has 0 spiro atoms. The number of carbonyl (C=O) groups excluding carboxylic acids is 1. The zero-order valence-corrected chi connectivity index (χ0v) is 13.3. The number of nitrogens with zero attached hydrogens (tertiary/aromatic N) is 1. The van der Waals surface area contributed by atoms with E-state index in [1.165, 1.54) is 12.8 Å². The van der Waals surface area contributed by atoms with Gasteiger partial charge >= 0.3 is 0 Å². The fourth-order valence-corrected chi connectivity index (χ4v) is 2.54. The number of rotatable bonds is 7. The van der Waals surface area contributed by atoms with E-state index in [1.54, 1.807) is 0 Å². The van der Waals surface area contributed by atoms with Crippen molar-refractivity contribution in [2.75, 3.05) is 11.9 Å². The quantitative estimate of drug-likeness (QED) is 0.811. The van der Waals surface area contributed by atoms with Crippen LogP contribution in [0.4, 0.5) is 5.69 Å². The molecule has 1 aromatic rings. The lowest BCUT2D eigenvalue weighted by Crippen LogP contribution is -2.46. The Balaban J connectivity index is 1.95. The molecule has 3 N–H and O–H groups in total. The summed E-state index contributed by atoms with van der Waals surface area (Å²) in [5, 5.41) is 3.00. The summed E-state index contributed by atoms with van der Waals surface area (Å²) in [5.41, 5.74) is 7.48. The van der Waals surface area contributed by atoms with Crippen LogP contribution < -0.4 is 11.1 Å². The van der Waals surface area contributed by atoms with E-state index in [9.17, 15) is 4.79 Å². The van der Waals surface area contributed by atoms with Gasteiger partial charge in [-0.2, -0.15) is 0 Å². The molecule has 4 nitrogen and oxygen atoms in total. The van der Waals surface area contributed by atoms with Crippen molar-refractivity contribution in [2.45, 2.75) is 52.2 Å². The first-order valence-electron chi connectivity index (χ1n) is 7.87. The molecule has 1 saturated carbocycles. The van der Waals surface area contributed by atoms with Crippen molar-refractivity contribution in [3.63, 3.8) is 0 Å². The van der Waals surface area contributed by atoms with Crippen LogP contribution in [0, 0.1) is 5.92 Å². The molecule has 1 fully saturated rings. The minimum absolute atomic E-state index is 0.0600. The highest BCUT2D eigenvalue weighted by atomic mass is 16.2. The van der Waals surface area contributed by atoms with Crippen molar-refractivity contribution in [1.82, 2.24) is 4.90 Å². The Morgan fingerprint density at radius 3 is 2.38 bits per heavy atom. The van der Waals surface area contributed by atoms with Gasteiger partial charge in [-0.05, 0) is 57.2 Å². The third-order valence-corrected chi connectivity index (χ3v) is 4.16. The molecule has 116 valence electrons. The lowest BCUT2D eigenvalue weighted by atomic mass is 10.1. The Kier molecular flexibility index (Phi) is 5.37. The van der Waals surface area contributed by atoms with Gasteiger partial charge in [-0.3, -0.25) is 9.69 Å². The zero-order chi connectivity index (χ0) is 15.4. The maximum Gasteiger partial charge on any atom is 0.241 e. The van der Waals surface area contributed by atoms with Gasteiger partial charge in [0.1, 0.15) is 0 Å². The van der Waals surface area contributed by atoms with Crippen molar-refractivity contribution >= 4 is 11.6 Å². The summed E-state index contributed by atoms with van der Waals surface area (Å²) in [5.74, 6) is 0.844. The van der Waals surface area contributed by atoms with Crippen LogP contribution in [-0.4, -0.2) is 29.4 Å². The monoisotopic (exact) mass is 289 g/mol. The lowest BCUT2D eigenvalue weighted by molar-refractivity contribution is -0.121. The number of nitrogens with one attached hydrogen (secondary N) is 1. The summed E-state index contributed by atoms with van der Waals surface area (Å²) in [6.07, 6.45) is 2.61. The summed E-state index contributed by atoms with van der Waals surface area (Å²) in [4.78, 5) is 14.7. The normalized spacial score (nSPS) is 16.3. The van der Waals surface area contributed by atoms with Gasteiger partial charge in [-0.15, -0.1) is 0 Å². The van der Waals surface area contributed by atoms with Crippen LogP contribution in [-0.2, 0) is 11.3 Å². The molecule has 1 amide bonds. The van der Waals surface area contributed by atoms with Crippen molar-refractivity contribution in [3.05, 3.63) is 29.8 Å². The summed E-state index contributed by atoms with van der Waals surface area (Å²) in [6, 6.07) is 7.99. The lowest BCUT2D eigenvalue weighted by Gasteiger charge is -2.31. The molecule has 1 aromatic carbocycles. The number of amides is 1. The van der Waals surface area contributed by atoms with E-state index >= 15 is 0 Å². The molecule has 0 aromatic heterocycles. The second-order valence-corrected chi connectivity index (χ2v) is 6.30. The first-order chi connectivity index (χ1) is 10.0. The van der Waals surface area contributed by atoms with E-state index in [-0.39, 0.29) is 11.9 Å². The topological polar surface area (TPSA) is 58.4 Å². The van der Waals surface area contributed by atoms with Crippen LogP contribution in [0.5, 0.6) is 0 Å². The van der Waals surface area contributed by atoms with Gasteiger partial charge in [-0.1, -0.05) is 12.1 Å². The molecule has 1 aliphatic rings. The first kappa shape index (κ1) is 16.0. The van der Waals surface area contributed by atoms with Gasteiger partial charge in [0, 0.05) is 24.8 Å². The third kappa shape index (κ3) is 4.55. The Morgan fingerprint density at radius 1 is 1.29 bits per heavy atom. The molecule has 0 aliphatic heterocycles. The fraction of sp³-hybridized carbons (Fsp3) is 0.588. The van der Waals surface area contributed by atoms with Gasteiger partial charge in [-0.25, -0.2) is 0 Å². The number of hydrogen-bond acceptors (Lipinski definition) is 3. The van der Waals surface area contributed by atoms with Gasteiger partial charge in [0.25, 0.3) is 0 Å². The van der Waals surface area contributed by atoms with Crippen molar-refractivity contribution < 1.29 is 4.79 Å². The second kappa shape index (κ2) is 7.05. The van der Waals surface area contributed by atoms with Gasteiger partial charge in [0.15, 0.2) is 0 Å². The Labute approximate surface area is 127 Å². The SMILES string of the molecule is CC(C)N(CC1CC1)C(C)C(=O)Nc1ccc(CN)cc1. The van der Waals surface area contributed by atoms with Crippen LogP contribution in [0.2, 0.25) is 0 Å². The predicted molar refractivity (Wildman–Crippen MR) is 87.0 cm³/mol. The van der Waals surface area contributed by atoms with Crippen molar-refractivity contribution in [3.8, 4) is 0 Å². The molecular weight excluding hydrogens is 262 g/mol. The van der Waals surface area contributed by atoms with Gasteiger partial charge in [0.05, 0.1) is 6.04 Å². The molecule has 1 unspecified atom stereocenters. The van der Waals surface area contributed by atoms with Crippen LogP contribution in [0.3, 0.4) is 0 Å². The maximum atomic E-state index is 12.4. The Morgan fingerprint density at radius 2 is 1.90 bits per heavy atom. The van der Waals surface area contributed by atoms with E-state index < -0.39 is 0 Å². The molecule has 21 heavy (non-hydrogen) atoms. The fourth-order valence-electron chi connectivity index (χ4n) is 2.54. The van der Waals surface area contributed by atoms with Crippen LogP contribution in [0.25, 0.3) is 0 Å². The van der Waals surface area contributed by atoms with Crippen molar-refractivity contribution in [2.24, 2.45) is 11.7 Å². The minimum atomic E-state index is -0.111. The molecule has 0 saturated heterocycles. The standard InChI is InChI=1S/C17H27N3O/c1-12(2)20(11-15-4-5-15)13(3)17(21)19-16-8-6-14(10-18)7-9-16/h6-9,12-13,15H,4-5,10-11,18H2,1-3H3,(H,19,21). The van der Waals surface area contributed by atoms with Gasteiger partial charge < -0.3 is 11.1 Å². The summed E-state index contributed by atoms with van der Waals surface area (Å²) < 4.78 is 0. The van der Waals surface area contributed by atoms with E-state index in [0.29, 0.717) is 12.6 Å². The van der Waals surface area contributed by atoms with E-state index in [1.807, 2.05) is 31.2 Å². The highest BCUT2D eigenvalue weighted by molar-refractivity contribution is 5.94. The van der Waals surface area contributed by atoms with Crippen LogP contribution in [0.15, 0.2) is 24.3 Å². The van der Waals surface area contributed by atoms with E-state index in [0.717, 1.165) is 23.7 Å². The van der Waals surface area contributed by atoms with Gasteiger partial charge in [0.2, 0.25) is 5.91 Å². The average Bonchev–Trinajstić information content (AvgIpc) is 3.28. The summed E-state index contributed by atoms with van der Waals surface area (Å²) in [7, 11) is 0. The maximum absolute atomic E-state index is 12.4. The molecular formula is C17H27N3O. The van der Waals surface area contributed by atoms with E-state index in [4.69, 9.17) is 5.73 Å². The Bertz CT molecular complexity index is 465. The number of nitrogens with two attached hydrogens (primary N) is 1. The highest BCUT2D eigenvalue weighted by Crippen LogP contribution is 2.31. The first-order valence-corrected chi connectivity index (χ1v) is 7.87. The third-order valence-electron chi connectivity index (χ3n) is 4.16. The summed E-state index contributed by atoms with van der Waals surface area (Å²) in [6.45, 7) is 7.85. The molecule has 1 atom stereocenters. The van der Waals surface area contributed by atoms with E-state index in [2.05, 4.69) is 24.1 Å². The average molecular weight is 289 g/mol. The smallest absolute Gasteiger partial charge is 0.241 e. The molecule has 0 bridgehead atoms. The predicted octanol–water partition coefficient (Wildman–Crippen LogP) is 2.59. The largest absolute Gasteiger partial charge is 0.326 e. The molecule has 0 radical (unpaired) electrons. The molecule has 4 heteroatoms. The minimum Gasteiger partial charge on any atom is -0.326 e. The summed E-state index contributed by atoms with van der Waals surface area (Å²) >= 11 is 0. The van der Waals surface area contributed by atoms with Crippen molar-refractivity contribution in [1.29, 1.82) is 0 Å². The molecule has 0 heterocycles. The number of carbonyl (C=O) groups is 1. The number of anilines is 1. The Hall–Kier alpha value is -1.39. The second-order valence-electron chi connectivity index (χ2n) is 6.30. The molecule has 2 rings (SSSR count). The number of benzene rings is 1. The number of hydrogen-bond donors (Lipinski definition) is 2. The van der Waals surface area contributed by atoms with Crippen LogP contribution in [0.1, 0.15) is 39.2 Å². The van der Waals surface area contributed by atoms with Crippen LogP contribution >= 0.6 is 0 Å². The molecule has 1 aliphatic carbocycles.